The predicted molar refractivity (Wildman–Crippen MR) is 51.9 cm³/mol. The number of hydrogen-bond acceptors (Lipinski definition) is 2. The lowest BCUT2D eigenvalue weighted by atomic mass is 10.1. The molecular weight excluding hydrogens is 205 g/mol. The third kappa shape index (κ3) is 2.36. The molecule has 0 aliphatic carbocycles. The largest absolute Gasteiger partial charge is 0.495 e. The lowest BCUT2D eigenvalue weighted by molar-refractivity contribution is 0.408. The van der Waals surface area contributed by atoms with Gasteiger partial charge in [0.1, 0.15) is 11.6 Å². The average molecular weight is 214 g/mol. The zero-order valence-electron chi connectivity index (χ0n) is 7.68. The number of rotatable bonds is 3. The van der Waals surface area contributed by atoms with Crippen LogP contribution in [0.4, 0.5) is 4.39 Å². The second-order valence-corrected chi connectivity index (χ2v) is 3.15. The monoisotopic (exact) mass is 213 g/mol. The highest BCUT2D eigenvalue weighted by molar-refractivity contribution is 6.32. The van der Waals surface area contributed by atoms with Crippen LogP contribution in [0.25, 0.3) is 0 Å². The smallest absolute Gasteiger partial charge is 0.140 e. The molecule has 0 N–H and O–H groups in total. The number of aryl methyl sites for hydroxylation is 1. The van der Waals surface area contributed by atoms with Gasteiger partial charge < -0.3 is 4.74 Å². The Bertz CT molecular complexity index is 373. The summed E-state index contributed by atoms with van der Waals surface area (Å²) in [5.74, 6) is 0.0343. The maximum Gasteiger partial charge on any atom is 0.140 e. The van der Waals surface area contributed by atoms with Gasteiger partial charge in [-0.25, -0.2) is 4.39 Å². The summed E-state index contributed by atoms with van der Waals surface area (Å²) in [5, 5.41) is 8.65. The Hall–Kier alpha value is -1.27. The predicted octanol–water partition coefficient (Wildman–Crippen LogP) is 2.94. The molecule has 0 aliphatic heterocycles. The molecule has 0 heterocycles. The maximum absolute atomic E-state index is 12.9. The summed E-state index contributed by atoms with van der Waals surface area (Å²) in [7, 11) is 1.47. The Kier molecular flexibility index (Phi) is 3.73. The van der Waals surface area contributed by atoms with Gasteiger partial charge in [-0.05, 0) is 24.1 Å². The number of benzene rings is 1. The van der Waals surface area contributed by atoms with Crippen LogP contribution in [0.1, 0.15) is 12.0 Å². The van der Waals surface area contributed by atoms with Gasteiger partial charge in [0.05, 0.1) is 18.2 Å². The van der Waals surface area contributed by atoms with Crippen LogP contribution in [0.3, 0.4) is 0 Å². The van der Waals surface area contributed by atoms with Crippen molar-refractivity contribution >= 4 is 11.6 Å². The van der Waals surface area contributed by atoms with E-state index in [1.165, 1.54) is 19.2 Å². The second-order valence-electron chi connectivity index (χ2n) is 2.74. The Balaban J connectivity index is 3.06. The number of ether oxygens (including phenoxy) is 1. The number of halogens is 2. The molecule has 0 aromatic heterocycles. The van der Waals surface area contributed by atoms with Crippen LogP contribution in [0.2, 0.25) is 5.02 Å². The minimum atomic E-state index is -0.413. The van der Waals surface area contributed by atoms with Crippen molar-refractivity contribution in [3.8, 4) is 11.8 Å². The highest BCUT2D eigenvalue weighted by Gasteiger charge is 2.09. The van der Waals surface area contributed by atoms with Gasteiger partial charge in [-0.1, -0.05) is 11.6 Å². The molecule has 2 nitrogen and oxygen atoms in total. The molecule has 0 amide bonds. The van der Waals surface area contributed by atoms with Crippen molar-refractivity contribution in [3.05, 3.63) is 28.5 Å². The van der Waals surface area contributed by atoms with Gasteiger partial charge in [-0.2, -0.15) is 5.26 Å². The Morgan fingerprint density at radius 3 is 2.86 bits per heavy atom. The third-order valence-electron chi connectivity index (χ3n) is 1.80. The van der Waals surface area contributed by atoms with Crippen LogP contribution in [-0.4, -0.2) is 7.11 Å². The van der Waals surface area contributed by atoms with E-state index < -0.39 is 5.82 Å². The van der Waals surface area contributed by atoms with E-state index in [9.17, 15) is 4.39 Å². The first-order chi connectivity index (χ1) is 6.69. The van der Waals surface area contributed by atoms with Crippen molar-refractivity contribution in [1.82, 2.24) is 0 Å². The number of nitriles is 1. The summed E-state index contributed by atoms with van der Waals surface area (Å²) in [6, 6.07) is 4.51. The first-order valence-electron chi connectivity index (χ1n) is 4.08. The molecule has 0 radical (unpaired) electrons. The number of methoxy groups -OCH3 is 1. The molecule has 4 heteroatoms. The van der Waals surface area contributed by atoms with E-state index in [1.54, 1.807) is 0 Å². The van der Waals surface area contributed by atoms with Crippen LogP contribution in [0.15, 0.2) is 12.1 Å². The second kappa shape index (κ2) is 4.83. The summed E-state index contributed by atoms with van der Waals surface area (Å²) in [6.45, 7) is 0. The SMILES string of the molecule is COc1c(Cl)cc(F)cc1CCC#N. The van der Waals surface area contributed by atoms with Crippen LogP contribution >= 0.6 is 11.6 Å². The van der Waals surface area contributed by atoms with E-state index in [-0.39, 0.29) is 5.02 Å². The van der Waals surface area contributed by atoms with E-state index in [0.29, 0.717) is 24.2 Å². The minimum absolute atomic E-state index is 0.237. The fourth-order valence-corrected chi connectivity index (χ4v) is 1.52. The van der Waals surface area contributed by atoms with Gasteiger partial charge in [-0.15, -0.1) is 0 Å². The minimum Gasteiger partial charge on any atom is -0.495 e. The lowest BCUT2D eigenvalue weighted by Crippen LogP contribution is -1.94. The molecule has 14 heavy (non-hydrogen) atoms. The van der Waals surface area contributed by atoms with E-state index in [1.807, 2.05) is 6.07 Å². The molecule has 0 fully saturated rings. The van der Waals surface area contributed by atoms with Crippen LogP contribution in [0, 0.1) is 17.1 Å². The van der Waals surface area contributed by atoms with Crippen molar-refractivity contribution in [3.63, 3.8) is 0 Å². The quantitative estimate of drug-likeness (QED) is 0.774. The van der Waals surface area contributed by atoms with E-state index in [4.69, 9.17) is 21.6 Å². The van der Waals surface area contributed by atoms with E-state index in [0.717, 1.165) is 0 Å². The van der Waals surface area contributed by atoms with Gasteiger partial charge >= 0.3 is 0 Å². The Morgan fingerprint density at radius 2 is 2.29 bits per heavy atom. The zero-order chi connectivity index (χ0) is 10.6. The molecule has 0 saturated heterocycles. The molecule has 0 atom stereocenters. The summed E-state index contributed by atoms with van der Waals surface area (Å²) in [5.41, 5.74) is 0.624. The molecule has 1 rings (SSSR count). The standard InChI is InChI=1S/C10H9ClFNO/c1-14-10-7(3-2-4-13)5-8(12)6-9(10)11/h5-6H,2-3H2,1H3. The lowest BCUT2D eigenvalue weighted by Gasteiger charge is -2.08. The maximum atomic E-state index is 12.9. The summed E-state index contributed by atoms with van der Waals surface area (Å²) >= 11 is 5.77. The van der Waals surface area contributed by atoms with Gasteiger partial charge in [0.15, 0.2) is 0 Å². The topological polar surface area (TPSA) is 33.0 Å². The molecule has 1 aromatic carbocycles. The highest BCUT2D eigenvalue weighted by atomic mass is 35.5. The molecule has 0 saturated carbocycles. The van der Waals surface area contributed by atoms with Crippen molar-refractivity contribution in [2.24, 2.45) is 0 Å². The molecule has 1 aromatic rings. The van der Waals surface area contributed by atoms with Crippen LogP contribution in [-0.2, 0) is 6.42 Å². The normalized spacial score (nSPS) is 9.57. The summed E-state index contributed by atoms with van der Waals surface area (Å²) in [6.07, 6.45) is 0.757. The van der Waals surface area contributed by atoms with Crippen molar-refractivity contribution < 1.29 is 9.13 Å². The van der Waals surface area contributed by atoms with Gasteiger partial charge in [-0.3, -0.25) is 0 Å². The highest BCUT2D eigenvalue weighted by Crippen LogP contribution is 2.30. The first-order valence-corrected chi connectivity index (χ1v) is 4.45. The average Bonchev–Trinajstić information content (AvgIpc) is 2.14. The first kappa shape index (κ1) is 10.8. The fraction of sp³-hybridized carbons (Fsp3) is 0.300. The Labute approximate surface area is 86.9 Å². The van der Waals surface area contributed by atoms with E-state index >= 15 is 0 Å². The number of nitrogens with zero attached hydrogens (tertiary/aromatic N) is 1. The molecular formula is C10H9ClFNO. The molecule has 0 spiro atoms. The van der Waals surface area contributed by atoms with Crippen LogP contribution < -0.4 is 4.74 Å². The molecule has 0 unspecified atom stereocenters. The summed E-state index contributed by atoms with van der Waals surface area (Å²) < 4.78 is 18.0. The van der Waals surface area contributed by atoms with Gasteiger partial charge in [0.2, 0.25) is 0 Å². The molecule has 74 valence electrons. The van der Waals surface area contributed by atoms with Crippen molar-refractivity contribution in [1.29, 1.82) is 5.26 Å². The fourth-order valence-electron chi connectivity index (χ4n) is 1.22. The van der Waals surface area contributed by atoms with Gasteiger partial charge in [0.25, 0.3) is 0 Å². The zero-order valence-corrected chi connectivity index (χ0v) is 8.44. The molecule has 0 aliphatic rings. The number of hydrogen-bond donors (Lipinski definition) is 0. The summed E-state index contributed by atoms with van der Waals surface area (Å²) in [4.78, 5) is 0. The van der Waals surface area contributed by atoms with Gasteiger partial charge in [0, 0.05) is 6.42 Å². The van der Waals surface area contributed by atoms with Crippen molar-refractivity contribution in [2.45, 2.75) is 12.8 Å². The van der Waals surface area contributed by atoms with Crippen molar-refractivity contribution in [2.75, 3.05) is 7.11 Å². The van der Waals surface area contributed by atoms with E-state index in [2.05, 4.69) is 0 Å². The third-order valence-corrected chi connectivity index (χ3v) is 2.08. The Morgan fingerprint density at radius 1 is 1.57 bits per heavy atom. The van der Waals surface area contributed by atoms with Crippen LogP contribution in [0.5, 0.6) is 5.75 Å². The molecule has 0 bridgehead atoms.